The highest BCUT2D eigenvalue weighted by molar-refractivity contribution is 5.92. The summed E-state index contributed by atoms with van der Waals surface area (Å²) in [4.78, 5) is 37.0. The Bertz CT molecular complexity index is 943. The highest BCUT2D eigenvalue weighted by Gasteiger charge is 2.15. The van der Waals surface area contributed by atoms with Crippen molar-refractivity contribution in [1.82, 2.24) is 5.32 Å². The van der Waals surface area contributed by atoms with Gasteiger partial charge >= 0.3 is 0 Å². The molecule has 1 saturated heterocycles. The number of carbonyl (C=O) groups excluding carboxylic acids is 2. The molecule has 2 N–H and O–H groups in total. The lowest BCUT2D eigenvalue weighted by atomic mass is 10.2. The molecule has 31 heavy (non-hydrogen) atoms. The van der Waals surface area contributed by atoms with Gasteiger partial charge in [-0.25, -0.2) is 0 Å². The van der Waals surface area contributed by atoms with Crippen LogP contribution in [0.2, 0.25) is 0 Å². The monoisotopic (exact) mass is 426 g/mol. The summed E-state index contributed by atoms with van der Waals surface area (Å²) in [6.07, 6.45) is 2.47. The molecule has 2 aromatic rings. The van der Waals surface area contributed by atoms with Gasteiger partial charge < -0.3 is 20.3 Å². The number of anilines is 2. The maximum Gasteiger partial charge on any atom is 0.273 e. The molecule has 0 radical (unpaired) electrons. The maximum atomic E-state index is 12.3. The first kappa shape index (κ1) is 22.1. The van der Waals surface area contributed by atoms with Gasteiger partial charge in [0.1, 0.15) is 5.75 Å². The average molecular weight is 426 g/mol. The van der Waals surface area contributed by atoms with Crippen LogP contribution in [0.15, 0.2) is 48.5 Å². The summed E-state index contributed by atoms with van der Waals surface area (Å²) in [7, 11) is 0. The Morgan fingerprint density at radius 2 is 1.87 bits per heavy atom. The van der Waals surface area contributed by atoms with Crippen molar-refractivity contribution in [3.63, 3.8) is 0 Å². The van der Waals surface area contributed by atoms with Crippen molar-refractivity contribution in [3.8, 4) is 5.75 Å². The van der Waals surface area contributed by atoms with Crippen LogP contribution >= 0.6 is 0 Å². The van der Waals surface area contributed by atoms with Gasteiger partial charge in [-0.05, 0) is 44.0 Å². The van der Waals surface area contributed by atoms with Crippen molar-refractivity contribution < 1.29 is 19.2 Å². The predicted octanol–water partition coefficient (Wildman–Crippen LogP) is 3.11. The molecule has 2 aromatic carbocycles. The molecule has 1 heterocycles. The fourth-order valence-corrected chi connectivity index (χ4v) is 3.45. The van der Waals surface area contributed by atoms with Crippen LogP contribution in [-0.2, 0) is 9.59 Å². The number of hydrogen-bond donors (Lipinski definition) is 2. The fourth-order valence-electron chi connectivity index (χ4n) is 3.45. The second-order valence-electron chi connectivity index (χ2n) is 7.51. The third-order valence-corrected chi connectivity index (χ3v) is 4.90. The Balaban J connectivity index is 1.43. The first-order chi connectivity index (χ1) is 14.9. The molecule has 164 valence electrons. The summed E-state index contributed by atoms with van der Waals surface area (Å²) in [5.74, 6) is -0.388. The summed E-state index contributed by atoms with van der Waals surface area (Å²) in [6.45, 7) is 3.48. The number of nitro groups is 1. The molecule has 1 unspecified atom stereocenters. The smallest absolute Gasteiger partial charge is 0.273 e. The van der Waals surface area contributed by atoms with Gasteiger partial charge in [0.15, 0.2) is 6.61 Å². The Labute approximate surface area is 180 Å². The van der Waals surface area contributed by atoms with E-state index in [1.807, 2.05) is 24.3 Å². The second kappa shape index (κ2) is 10.4. The number of ether oxygens (including phenoxy) is 1. The van der Waals surface area contributed by atoms with Gasteiger partial charge in [0.25, 0.3) is 11.6 Å². The van der Waals surface area contributed by atoms with Crippen LogP contribution in [0, 0.1) is 10.1 Å². The Morgan fingerprint density at radius 1 is 1.13 bits per heavy atom. The van der Waals surface area contributed by atoms with Crippen LogP contribution in [0.3, 0.4) is 0 Å². The van der Waals surface area contributed by atoms with Gasteiger partial charge in [-0.2, -0.15) is 0 Å². The minimum atomic E-state index is -0.533. The van der Waals surface area contributed by atoms with Gasteiger partial charge in [-0.3, -0.25) is 19.7 Å². The number of non-ortho nitro benzene ring substituents is 1. The zero-order chi connectivity index (χ0) is 22.2. The molecule has 1 aliphatic heterocycles. The van der Waals surface area contributed by atoms with Crippen LogP contribution in [0.4, 0.5) is 17.1 Å². The third-order valence-electron chi connectivity index (χ3n) is 4.90. The maximum absolute atomic E-state index is 12.3. The van der Waals surface area contributed by atoms with E-state index in [-0.39, 0.29) is 30.4 Å². The molecule has 1 atom stereocenters. The highest BCUT2D eigenvalue weighted by atomic mass is 16.6. The van der Waals surface area contributed by atoms with Crippen molar-refractivity contribution in [2.45, 2.75) is 32.2 Å². The molecule has 0 bridgehead atoms. The Morgan fingerprint density at radius 3 is 2.61 bits per heavy atom. The van der Waals surface area contributed by atoms with Crippen LogP contribution in [0.1, 0.15) is 26.2 Å². The second-order valence-corrected chi connectivity index (χ2v) is 7.51. The largest absolute Gasteiger partial charge is 0.484 e. The van der Waals surface area contributed by atoms with E-state index in [9.17, 15) is 19.7 Å². The molecule has 9 nitrogen and oxygen atoms in total. The summed E-state index contributed by atoms with van der Waals surface area (Å²) < 4.78 is 5.30. The lowest BCUT2D eigenvalue weighted by molar-refractivity contribution is -0.384. The van der Waals surface area contributed by atoms with Crippen molar-refractivity contribution in [1.29, 1.82) is 0 Å². The lowest BCUT2D eigenvalue weighted by Gasteiger charge is -2.19. The van der Waals surface area contributed by atoms with Gasteiger partial charge in [0, 0.05) is 43.0 Å². The zero-order valence-electron chi connectivity index (χ0n) is 17.4. The first-order valence-electron chi connectivity index (χ1n) is 10.2. The van der Waals surface area contributed by atoms with E-state index in [1.54, 1.807) is 6.92 Å². The SMILES string of the molecule is CC(CC(=O)Nc1cccc(N2CCCC2)c1)NC(=O)COc1cccc([N+](=O)[O-])c1. The standard InChI is InChI=1S/C22H26N4O5/c1-16(23-22(28)15-31-20-9-5-8-19(14-20)26(29)30)12-21(27)24-17-6-4-7-18(13-17)25-10-2-3-11-25/h4-9,13-14,16H,2-3,10-12,15H2,1H3,(H,23,28)(H,24,27). The molecular formula is C22H26N4O5. The highest BCUT2D eigenvalue weighted by Crippen LogP contribution is 2.23. The van der Waals surface area contributed by atoms with Gasteiger partial charge in [-0.1, -0.05) is 12.1 Å². The predicted molar refractivity (Wildman–Crippen MR) is 117 cm³/mol. The molecular weight excluding hydrogens is 400 g/mol. The van der Waals surface area contributed by atoms with E-state index in [2.05, 4.69) is 15.5 Å². The van der Waals surface area contributed by atoms with Crippen LogP contribution in [0.5, 0.6) is 5.75 Å². The normalized spacial score (nSPS) is 14.0. The molecule has 0 aliphatic carbocycles. The quantitative estimate of drug-likeness (QED) is 0.470. The van der Waals surface area contributed by atoms with Crippen LogP contribution < -0.4 is 20.3 Å². The van der Waals surface area contributed by atoms with E-state index < -0.39 is 16.9 Å². The number of hydrogen-bond acceptors (Lipinski definition) is 6. The van der Waals surface area contributed by atoms with E-state index in [1.165, 1.54) is 37.1 Å². The Hall–Kier alpha value is -3.62. The lowest BCUT2D eigenvalue weighted by Crippen LogP contribution is -2.38. The number of nitrogens with one attached hydrogen (secondary N) is 2. The molecule has 2 amide bonds. The van der Waals surface area contributed by atoms with Crippen LogP contribution in [-0.4, -0.2) is 42.5 Å². The summed E-state index contributed by atoms with van der Waals surface area (Å²) in [6, 6.07) is 13.0. The van der Waals surface area contributed by atoms with E-state index in [0.717, 1.165) is 24.5 Å². The fraction of sp³-hybridized carbons (Fsp3) is 0.364. The number of amides is 2. The average Bonchev–Trinajstić information content (AvgIpc) is 3.27. The molecule has 0 saturated carbocycles. The van der Waals surface area contributed by atoms with Gasteiger partial charge in [-0.15, -0.1) is 0 Å². The molecule has 9 heteroatoms. The Kier molecular flexibility index (Phi) is 7.42. The van der Waals surface area contributed by atoms with E-state index >= 15 is 0 Å². The number of nitrogens with zero attached hydrogens (tertiary/aromatic N) is 2. The van der Waals surface area contributed by atoms with E-state index in [0.29, 0.717) is 0 Å². The zero-order valence-corrected chi connectivity index (χ0v) is 17.4. The molecule has 1 aliphatic rings. The number of carbonyl (C=O) groups is 2. The van der Waals surface area contributed by atoms with E-state index in [4.69, 9.17) is 4.74 Å². The number of nitro benzene ring substituents is 1. The molecule has 0 aromatic heterocycles. The topological polar surface area (TPSA) is 114 Å². The minimum absolute atomic E-state index is 0.108. The van der Waals surface area contributed by atoms with Crippen LogP contribution in [0.25, 0.3) is 0 Å². The minimum Gasteiger partial charge on any atom is -0.484 e. The van der Waals surface area contributed by atoms with Gasteiger partial charge in [0.2, 0.25) is 5.91 Å². The molecule has 0 spiro atoms. The summed E-state index contributed by atoms with van der Waals surface area (Å²) in [5, 5.41) is 16.4. The van der Waals surface area contributed by atoms with Crippen molar-refractivity contribution in [2.75, 3.05) is 29.9 Å². The number of benzene rings is 2. The van der Waals surface area contributed by atoms with Crippen molar-refractivity contribution in [2.24, 2.45) is 0 Å². The van der Waals surface area contributed by atoms with Crippen molar-refractivity contribution in [3.05, 3.63) is 58.6 Å². The third kappa shape index (κ3) is 6.70. The molecule has 3 rings (SSSR count). The summed E-state index contributed by atoms with van der Waals surface area (Å²) in [5.41, 5.74) is 1.70. The van der Waals surface area contributed by atoms with Crippen molar-refractivity contribution >= 4 is 28.9 Å². The first-order valence-corrected chi connectivity index (χ1v) is 10.2. The molecule has 1 fully saturated rings. The number of rotatable bonds is 9. The summed E-state index contributed by atoms with van der Waals surface area (Å²) >= 11 is 0. The van der Waals surface area contributed by atoms with Gasteiger partial charge in [0.05, 0.1) is 11.0 Å².